The molecule has 0 fully saturated rings. The van der Waals surface area contributed by atoms with Crippen LogP contribution in [-0.4, -0.2) is 23.1 Å². The molecule has 0 bridgehead atoms. The number of aromatic nitrogens is 5. The molecule has 24 heavy (non-hydrogen) atoms. The lowest BCUT2D eigenvalue weighted by Crippen LogP contribution is -2.39. The van der Waals surface area contributed by atoms with Crippen molar-refractivity contribution in [1.29, 1.82) is 0 Å². The Morgan fingerprint density at radius 3 is 2.33 bits per heavy atom. The smallest absolute Gasteiger partial charge is 0.310 e. The van der Waals surface area contributed by atoms with Crippen LogP contribution in [0, 0.1) is 6.92 Å². The minimum atomic E-state index is -0.358. The second-order valence-electron chi connectivity index (χ2n) is 5.73. The largest absolute Gasteiger partial charge is 0.332 e. The molecule has 0 saturated carbocycles. The number of rotatable bonds is 4. The van der Waals surface area contributed by atoms with Gasteiger partial charge in [-0.05, 0) is 20.8 Å². The van der Waals surface area contributed by atoms with E-state index < -0.39 is 0 Å². The molecule has 0 aromatic carbocycles. The lowest BCUT2D eigenvalue weighted by atomic mass is 10.4. The van der Waals surface area contributed by atoms with E-state index in [1.165, 1.54) is 9.13 Å². The summed E-state index contributed by atoms with van der Waals surface area (Å²) >= 11 is 0. The Kier molecular flexibility index (Phi) is 4.01. The maximum atomic E-state index is 12.8. The van der Waals surface area contributed by atoms with Crippen LogP contribution in [0.2, 0.25) is 0 Å². The minimum Gasteiger partial charge on any atom is -0.310 e. The highest BCUT2D eigenvalue weighted by molar-refractivity contribution is 5.75. The van der Waals surface area contributed by atoms with Gasteiger partial charge in [0.05, 0.1) is 0 Å². The summed E-state index contributed by atoms with van der Waals surface area (Å²) in [6.07, 6.45) is 9.49. The van der Waals surface area contributed by atoms with E-state index >= 15 is 0 Å². The second kappa shape index (κ2) is 5.99. The molecule has 0 aliphatic heterocycles. The molecular formula is C17H21N5O2. The van der Waals surface area contributed by atoms with Crippen molar-refractivity contribution in [2.24, 2.45) is 7.05 Å². The Hall–Kier alpha value is -2.83. The number of allylic oxidation sites excluding steroid dienone is 4. The molecule has 0 unspecified atom stereocenters. The second-order valence-corrected chi connectivity index (χ2v) is 5.73. The van der Waals surface area contributed by atoms with E-state index in [0.717, 1.165) is 5.69 Å². The third kappa shape index (κ3) is 2.24. The van der Waals surface area contributed by atoms with Crippen molar-refractivity contribution < 1.29 is 0 Å². The van der Waals surface area contributed by atoms with Gasteiger partial charge in [-0.15, -0.1) is 0 Å². The number of fused-ring (bicyclic) bond motifs is 3. The van der Waals surface area contributed by atoms with Gasteiger partial charge in [0.15, 0.2) is 11.2 Å². The highest BCUT2D eigenvalue weighted by atomic mass is 16.2. The van der Waals surface area contributed by atoms with Gasteiger partial charge in [0, 0.05) is 32.0 Å². The summed E-state index contributed by atoms with van der Waals surface area (Å²) in [4.78, 5) is 29.9. The van der Waals surface area contributed by atoms with Crippen LogP contribution in [0.1, 0.15) is 19.5 Å². The standard InChI is InChI=1S/C17H21N5O2/c1-5-7-9-20-12(3)11-22-13-14(18-16(20)22)19(4)17(24)21(15(13)23)10-8-6-2/h5-8,11H,9-10H2,1-4H3/b7-5-,8-6+. The molecule has 3 aromatic heterocycles. The van der Waals surface area contributed by atoms with Gasteiger partial charge in [0.25, 0.3) is 5.56 Å². The molecule has 0 amide bonds. The fourth-order valence-electron chi connectivity index (χ4n) is 2.86. The van der Waals surface area contributed by atoms with Gasteiger partial charge in [-0.1, -0.05) is 24.3 Å². The average molecular weight is 327 g/mol. The topological polar surface area (TPSA) is 66.2 Å². The Bertz CT molecular complexity index is 1090. The fraction of sp³-hybridized carbons (Fsp3) is 0.353. The van der Waals surface area contributed by atoms with Crippen LogP contribution < -0.4 is 11.2 Å². The molecule has 3 rings (SSSR count). The summed E-state index contributed by atoms with van der Waals surface area (Å²) in [5.74, 6) is 0.663. The number of nitrogens with zero attached hydrogens (tertiary/aromatic N) is 5. The van der Waals surface area contributed by atoms with Crippen molar-refractivity contribution in [3.63, 3.8) is 0 Å². The number of imidazole rings is 2. The first-order chi connectivity index (χ1) is 11.5. The van der Waals surface area contributed by atoms with Crippen molar-refractivity contribution >= 4 is 16.9 Å². The van der Waals surface area contributed by atoms with Gasteiger partial charge in [-0.2, -0.15) is 4.98 Å². The highest BCUT2D eigenvalue weighted by Crippen LogP contribution is 2.16. The van der Waals surface area contributed by atoms with Crippen molar-refractivity contribution in [2.75, 3.05) is 0 Å². The molecule has 0 N–H and O–H groups in total. The summed E-state index contributed by atoms with van der Waals surface area (Å²) in [5.41, 5.74) is 1.17. The van der Waals surface area contributed by atoms with Crippen LogP contribution in [0.15, 0.2) is 40.1 Å². The predicted octanol–water partition coefficient (Wildman–Crippen LogP) is 1.61. The molecule has 3 aromatic rings. The normalized spacial score (nSPS) is 12.5. The molecule has 0 aliphatic carbocycles. The molecular weight excluding hydrogens is 306 g/mol. The molecule has 7 nitrogen and oxygen atoms in total. The summed E-state index contributed by atoms with van der Waals surface area (Å²) in [5, 5.41) is 0. The van der Waals surface area contributed by atoms with E-state index in [4.69, 9.17) is 0 Å². The molecule has 0 saturated heterocycles. The first kappa shape index (κ1) is 16.0. The zero-order valence-corrected chi connectivity index (χ0v) is 14.4. The number of hydrogen-bond acceptors (Lipinski definition) is 3. The molecule has 0 aliphatic rings. The van der Waals surface area contributed by atoms with Crippen LogP contribution in [0.3, 0.4) is 0 Å². The van der Waals surface area contributed by atoms with E-state index in [0.29, 0.717) is 23.5 Å². The van der Waals surface area contributed by atoms with E-state index in [1.54, 1.807) is 17.5 Å². The zero-order valence-electron chi connectivity index (χ0n) is 14.4. The van der Waals surface area contributed by atoms with Gasteiger partial charge in [0.1, 0.15) is 0 Å². The van der Waals surface area contributed by atoms with Gasteiger partial charge in [-0.25, -0.2) is 4.79 Å². The highest BCUT2D eigenvalue weighted by Gasteiger charge is 2.19. The fourth-order valence-corrected chi connectivity index (χ4v) is 2.86. The van der Waals surface area contributed by atoms with Gasteiger partial charge in [0.2, 0.25) is 5.78 Å². The average Bonchev–Trinajstić information content (AvgIpc) is 3.06. The summed E-state index contributed by atoms with van der Waals surface area (Å²) < 4.78 is 6.46. The van der Waals surface area contributed by atoms with Crippen LogP contribution in [0.5, 0.6) is 0 Å². The summed E-state index contributed by atoms with van der Waals surface area (Å²) in [6.45, 7) is 6.72. The molecule has 0 atom stereocenters. The zero-order chi connectivity index (χ0) is 17.4. The Morgan fingerprint density at radius 2 is 1.71 bits per heavy atom. The van der Waals surface area contributed by atoms with E-state index in [1.807, 2.05) is 49.8 Å². The van der Waals surface area contributed by atoms with Crippen molar-refractivity contribution in [2.45, 2.75) is 33.9 Å². The van der Waals surface area contributed by atoms with Crippen LogP contribution >= 0.6 is 0 Å². The number of aryl methyl sites for hydroxylation is 2. The van der Waals surface area contributed by atoms with E-state index in [9.17, 15) is 9.59 Å². The van der Waals surface area contributed by atoms with Crippen LogP contribution in [0.25, 0.3) is 16.9 Å². The maximum Gasteiger partial charge on any atom is 0.332 e. The van der Waals surface area contributed by atoms with E-state index in [2.05, 4.69) is 4.98 Å². The van der Waals surface area contributed by atoms with Gasteiger partial charge >= 0.3 is 5.69 Å². The van der Waals surface area contributed by atoms with Crippen LogP contribution in [-0.2, 0) is 20.1 Å². The number of hydrogen-bond donors (Lipinski definition) is 0. The quantitative estimate of drug-likeness (QED) is 0.684. The molecule has 7 heteroatoms. The van der Waals surface area contributed by atoms with Gasteiger partial charge < -0.3 is 4.57 Å². The third-order valence-corrected chi connectivity index (χ3v) is 4.19. The molecule has 0 spiro atoms. The van der Waals surface area contributed by atoms with Crippen molar-refractivity contribution in [3.8, 4) is 0 Å². The summed E-state index contributed by atoms with van der Waals surface area (Å²) in [7, 11) is 1.64. The molecule has 126 valence electrons. The maximum absolute atomic E-state index is 12.8. The SMILES string of the molecule is C/C=C\Cn1c(C)cn2c3c(=O)n(C/C=C/C)c(=O)n(C)c3nc12. The van der Waals surface area contributed by atoms with Crippen molar-refractivity contribution in [1.82, 2.24) is 23.1 Å². The summed E-state index contributed by atoms with van der Waals surface area (Å²) in [6, 6.07) is 0. The van der Waals surface area contributed by atoms with Gasteiger partial charge in [-0.3, -0.25) is 18.3 Å². The van der Waals surface area contributed by atoms with E-state index in [-0.39, 0.29) is 17.8 Å². The first-order valence-corrected chi connectivity index (χ1v) is 7.91. The Balaban J connectivity index is 2.41. The predicted molar refractivity (Wildman–Crippen MR) is 94.6 cm³/mol. The molecule has 3 heterocycles. The first-order valence-electron chi connectivity index (χ1n) is 7.91. The minimum absolute atomic E-state index is 0.253. The Morgan fingerprint density at radius 1 is 1.08 bits per heavy atom. The lowest BCUT2D eigenvalue weighted by molar-refractivity contribution is 0.666. The third-order valence-electron chi connectivity index (χ3n) is 4.19. The molecule has 0 radical (unpaired) electrons. The lowest BCUT2D eigenvalue weighted by Gasteiger charge is -2.05. The monoisotopic (exact) mass is 327 g/mol. The Labute approximate surface area is 138 Å². The van der Waals surface area contributed by atoms with Crippen molar-refractivity contribution in [3.05, 3.63) is 57.0 Å². The van der Waals surface area contributed by atoms with Crippen LogP contribution in [0.4, 0.5) is 0 Å².